The first kappa shape index (κ1) is 12.5. The molecule has 0 heterocycles. The summed E-state index contributed by atoms with van der Waals surface area (Å²) in [4.78, 5) is 11.2. The van der Waals surface area contributed by atoms with Crippen LogP contribution in [0.15, 0.2) is 0 Å². The second-order valence-electron chi connectivity index (χ2n) is 3.79. The number of carbonyl (C=O) groups is 1. The molecular weight excluding hydrogens is 164 g/mol. The Morgan fingerprint density at radius 2 is 1.85 bits per heavy atom. The monoisotopic (exact) mass is 186 g/mol. The minimum atomic E-state index is -0.0466. The lowest BCUT2D eigenvalue weighted by Crippen LogP contribution is -2.15. The molecule has 0 spiro atoms. The normalized spacial score (nSPS) is 15.1. The van der Waals surface area contributed by atoms with Crippen LogP contribution >= 0.6 is 0 Å². The van der Waals surface area contributed by atoms with Crippen molar-refractivity contribution < 1.29 is 9.53 Å². The Balaban J connectivity index is 3.64. The number of carbonyl (C=O) groups excluding carboxylic acids is 1. The van der Waals surface area contributed by atoms with E-state index < -0.39 is 0 Å². The van der Waals surface area contributed by atoms with Crippen molar-refractivity contribution in [2.24, 2.45) is 11.8 Å². The summed E-state index contributed by atoms with van der Waals surface area (Å²) in [5, 5.41) is 0. The van der Waals surface area contributed by atoms with E-state index >= 15 is 0 Å². The maximum atomic E-state index is 11.2. The van der Waals surface area contributed by atoms with E-state index in [0.29, 0.717) is 24.9 Å². The molecular formula is C11H22O2. The molecule has 0 bridgehead atoms. The number of esters is 1. The van der Waals surface area contributed by atoms with Crippen molar-refractivity contribution in [3.05, 3.63) is 0 Å². The van der Waals surface area contributed by atoms with E-state index in [1.54, 1.807) is 0 Å². The molecule has 0 radical (unpaired) electrons. The lowest BCUT2D eigenvalue weighted by molar-refractivity contribution is -0.145. The molecule has 0 aromatic heterocycles. The highest BCUT2D eigenvalue weighted by molar-refractivity contribution is 5.69. The quantitative estimate of drug-likeness (QED) is 0.596. The van der Waals surface area contributed by atoms with Crippen molar-refractivity contribution in [1.29, 1.82) is 0 Å². The summed E-state index contributed by atoms with van der Waals surface area (Å²) in [7, 11) is 0. The minimum Gasteiger partial charge on any atom is -0.466 e. The SMILES string of the molecule is CCCOC(=O)CC(C)C(C)CC. The highest BCUT2D eigenvalue weighted by Crippen LogP contribution is 2.18. The van der Waals surface area contributed by atoms with Gasteiger partial charge in [-0.3, -0.25) is 4.79 Å². The number of ether oxygens (including phenoxy) is 1. The Bertz CT molecular complexity index is 143. The second-order valence-corrected chi connectivity index (χ2v) is 3.79. The molecule has 13 heavy (non-hydrogen) atoms. The van der Waals surface area contributed by atoms with Gasteiger partial charge in [-0.25, -0.2) is 0 Å². The lowest BCUT2D eigenvalue weighted by Gasteiger charge is -2.16. The van der Waals surface area contributed by atoms with Crippen molar-refractivity contribution in [2.75, 3.05) is 6.61 Å². The van der Waals surface area contributed by atoms with Gasteiger partial charge in [-0.2, -0.15) is 0 Å². The van der Waals surface area contributed by atoms with Crippen molar-refractivity contribution in [2.45, 2.75) is 47.0 Å². The minimum absolute atomic E-state index is 0.0466. The Labute approximate surface area is 81.7 Å². The summed E-state index contributed by atoms with van der Waals surface area (Å²) in [5.74, 6) is 0.998. The molecule has 2 unspecified atom stereocenters. The zero-order valence-corrected chi connectivity index (χ0v) is 9.30. The molecule has 0 saturated carbocycles. The fourth-order valence-electron chi connectivity index (χ4n) is 1.14. The van der Waals surface area contributed by atoms with Crippen LogP contribution in [0.5, 0.6) is 0 Å². The second kappa shape index (κ2) is 6.93. The average Bonchev–Trinajstić information content (AvgIpc) is 2.13. The average molecular weight is 186 g/mol. The molecule has 0 aromatic carbocycles. The Kier molecular flexibility index (Phi) is 6.65. The Morgan fingerprint density at radius 3 is 2.31 bits per heavy atom. The van der Waals surface area contributed by atoms with Gasteiger partial charge in [-0.1, -0.05) is 34.1 Å². The van der Waals surface area contributed by atoms with E-state index in [9.17, 15) is 4.79 Å². The third-order valence-corrected chi connectivity index (χ3v) is 2.57. The smallest absolute Gasteiger partial charge is 0.306 e. The predicted octanol–water partition coefficient (Wildman–Crippen LogP) is 3.01. The molecule has 0 aromatic rings. The first-order chi connectivity index (χ1) is 6.11. The third-order valence-electron chi connectivity index (χ3n) is 2.57. The standard InChI is InChI=1S/C11H22O2/c1-5-7-13-11(12)8-10(4)9(3)6-2/h9-10H,5-8H2,1-4H3. The largest absolute Gasteiger partial charge is 0.466 e. The van der Waals surface area contributed by atoms with Gasteiger partial charge in [-0.05, 0) is 18.3 Å². The summed E-state index contributed by atoms with van der Waals surface area (Å²) in [6, 6.07) is 0. The molecule has 0 fully saturated rings. The van der Waals surface area contributed by atoms with Crippen molar-refractivity contribution in [3.63, 3.8) is 0 Å². The van der Waals surface area contributed by atoms with Gasteiger partial charge in [0.15, 0.2) is 0 Å². The van der Waals surface area contributed by atoms with E-state index in [1.165, 1.54) is 0 Å². The predicted molar refractivity (Wildman–Crippen MR) is 54.5 cm³/mol. The van der Waals surface area contributed by atoms with E-state index in [0.717, 1.165) is 12.8 Å². The van der Waals surface area contributed by atoms with E-state index in [2.05, 4.69) is 20.8 Å². The zero-order valence-electron chi connectivity index (χ0n) is 9.30. The molecule has 0 amide bonds. The van der Waals surface area contributed by atoms with Crippen LogP contribution in [-0.4, -0.2) is 12.6 Å². The van der Waals surface area contributed by atoms with E-state index in [4.69, 9.17) is 4.74 Å². The molecule has 0 aliphatic rings. The number of hydrogen-bond acceptors (Lipinski definition) is 2. The van der Waals surface area contributed by atoms with Crippen LogP contribution in [0.3, 0.4) is 0 Å². The first-order valence-corrected chi connectivity index (χ1v) is 5.27. The summed E-state index contributed by atoms with van der Waals surface area (Å²) in [6.07, 6.45) is 2.60. The van der Waals surface area contributed by atoms with Crippen LogP contribution in [-0.2, 0) is 9.53 Å². The molecule has 0 saturated heterocycles. The van der Waals surface area contributed by atoms with E-state index in [1.807, 2.05) is 6.92 Å². The summed E-state index contributed by atoms with van der Waals surface area (Å²) < 4.78 is 5.02. The van der Waals surface area contributed by atoms with Crippen molar-refractivity contribution in [1.82, 2.24) is 0 Å². The van der Waals surface area contributed by atoms with Crippen LogP contribution in [0.2, 0.25) is 0 Å². The number of hydrogen-bond donors (Lipinski definition) is 0. The van der Waals surface area contributed by atoms with Gasteiger partial charge in [0.2, 0.25) is 0 Å². The highest BCUT2D eigenvalue weighted by Gasteiger charge is 2.14. The molecule has 0 rings (SSSR count). The van der Waals surface area contributed by atoms with Gasteiger partial charge in [0, 0.05) is 6.42 Å². The molecule has 2 nitrogen and oxygen atoms in total. The summed E-state index contributed by atoms with van der Waals surface area (Å²) in [6.45, 7) is 9.01. The maximum absolute atomic E-state index is 11.2. The molecule has 2 atom stereocenters. The maximum Gasteiger partial charge on any atom is 0.306 e. The summed E-state index contributed by atoms with van der Waals surface area (Å²) >= 11 is 0. The van der Waals surface area contributed by atoms with Crippen LogP contribution in [0.1, 0.15) is 47.0 Å². The van der Waals surface area contributed by atoms with Crippen molar-refractivity contribution >= 4 is 5.97 Å². The third kappa shape index (κ3) is 5.67. The number of rotatable bonds is 6. The molecule has 0 aliphatic heterocycles. The Hall–Kier alpha value is -0.530. The zero-order chi connectivity index (χ0) is 10.3. The van der Waals surface area contributed by atoms with Crippen LogP contribution in [0.25, 0.3) is 0 Å². The highest BCUT2D eigenvalue weighted by atomic mass is 16.5. The first-order valence-electron chi connectivity index (χ1n) is 5.27. The van der Waals surface area contributed by atoms with E-state index in [-0.39, 0.29) is 5.97 Å². The lowest BCUT2D eigenvalue weighted by atomic mass is 9.91. The topological polar surface area (TPSA) is 26.3 Å². The Morgan fingerprint density at radius 1 is 1.23 bits per heavy atom. The van der Waals surface area contributed by atoms with Gasteiger partial charge in [0.05, 0.1) is 6.61 Å². The molecule has 2 heteroatoms. The fourth-order valence-corrected chi connectivity index (χ4v) is 1.14. The van der Waals surface area contributed by atoms with Gasteiger partial charge in [-0.15, -0.1) is 0 Å². The van der Waals surface area contributed by atoms with Gasteiger partial charge < -0.3 is 4.74 Å². The molecule has 0 aliphatic carbocycles. The van der Waals surface area contributed by atoms with Crippen molar-refractivity contribution in [3.8, 4) is 0 Å². The van der Waals surface area contributed by atoms with Gasteiger partial charge in [0.25, 0.3) is 0 Å². The van der Waals surface area contributed by atoms with Crippen LogP contribution in [0.4, 0.5) is 0 Å². The molecule has 0 N–H and O–H groups in total. The molecule has 78 valence electrons. The fraction of sp³-hybridized carbons (Fsp3) is 0.909. The van der Waals surface area contributed by atoms with Gasteiger partial charge in [0.1, 0.15) is 0 Å². The van der Waals surface area contributed by atoms with Gasteiger partial charge >= 0.3 is 5.97 Å². The van der Waals surface area contributed by atoms with Crippen LogP contribution in [0, 0.1) is 11.8 Å². The van der Waals surface area contributed by atoms with Crippen LogP contribution < -0.4 is 0 Å². The summed E-state index contributed by atoms with van der Waals surface area (Å²) in [5.41, 5.74) is 0.